The highest BCUT2D eigenvalue weighted by Crippen LogP contribution is 2.19. The topological polar surface area (TPSA) is 55.6 Å². The van der Waals surface area contributed by atoms with Crippen LogP contribution < -0.4 is 10.5 Å². The summed E-state index contributed by atoms with van der Waals surface area (Å²) in [6.45, 7) is 6.09. The Kier molecular flexibility index (Phi) is 5.56. The maximum absolute atomic E-state index is 11.5. The van der Waals surface area contributed by atoms with Crippen LogP contribution in [0.25, 0.3) is 0 Å². The van der Waals surface area contributed by atoms with Crippen LogP contribution in [0.5, 0.6) is 5.75 Å². The Hall–Kier alpha value is -1.39. The minimum absolute atomic E-state index is 0.0457. The van der Waals surface area contributed by atoms with Gasteiger partial charge in [-0.2, -0.15) is 0 Å². The van der Waals surface area contributed by atoms with E-state index >= 15 is 0 Å². The molecule has 1 aliphatic rings. The number of para-hydroxylation sites is 1. The molecule has 4 nitrogen and oxygen atoms in total. The first-order valence-corrected chi connectivity index (χ1v) is 7.36. The number of piperidine rings is 1. The number of ketones is 1. The number of carbonyl (C=O) groups is 1. The summed E-state index contributed by atoms with van der Waals surface area (Å²) in [6, 6.07) is 7.43. The molecule has 0 aromatic heterocycles. The Labute approximate surface area is 120 Å². The third kappa shape index (κ3) is 4.05. The summed E-state index contributed by atoms with van der Waals surface area (Å²) in [7, 11) is 0. The molecule has 0 bridgehead atoms. The highest BCUT2D eigenvalue weighted by Gasteiger charge is 2.17. The SMILES string of the molecule is CC(=O)c1ccccc1OCCN1CCC(CN)CC1. The first-order valence-electron chi connectivity index (χ1n) is 7.36. The molecule has 1 aromatic rings. The van der Waals surface area contributed by atoms with Gasteiger partial charge in [0.05, 0.1) is 5.56 Å². The minimum Gasteiger partial charge on any atom is -0.491 e. The summed E-state index contributed by atoms with van der Waals surface area (Å²) in [5.41, 5.74) is 6.36. The van der Waals surface area contributed by atoms with E-state index in [0.717, 1.165) is 26.2 Å². The minimum atomic E-state index is 0.0457. The molecule has 2 rings (SSSR count). The van der Waals surface area contributed by atoms with E-state index < -0.39 is 0 Å². The zero-order chi connectivity index (χ0) is 14.4. The van der Waals surface area contributed by atoms with Crippen molar-refractivity contribution >= 4 is 5.78 Å². The predicted molar refractivity (Wildman–Crippen MR) is 80.2 cm³/mol. The van der Waals surface area contributed by atoms with Crippen molar-refractivity contribution in [2.75, 3.05) is 32.8 Å². The first-order chi connectivity index (χ1) is 9.70. The molecule has 2 N–H and O–H groups in total. The van der Waals surface area contributed by atoms with Crippen molar-refractivity contribution in [1.29, 1.82) is 0 Å². The number of hydrogen-bond acceptors (Lipinski definition) is 4. The summed E-state index contributed by atoms with van der Waals surface area (Å²) < 4.78 is 5.77. The van der Waals surface area contributed by atoms with Crippen LogP contribution in [0.1, 0.15) is 30.1 Å². The highest BCUT2D eigenvalue weighted by atomic mass is 16.5. The van der Waals surface area contributed by atoms with Gasteiger partial charge >= 0.3 is 0 Å². The van der Waals surface area contributed by atoms with Crippen molar-refractivity contribution < 1.29 is 9.53 Å². The van der Waals surface area contributed by atoms with Crippen LogP contribution in [-0.4, -0.2) is 43.5 Å². The number of Topliss-reactive ketones (excluding diaryl/α,β-unsaturated/α-hetero) is 1. The van der Waals surface area contributed by atoms with Crippen LogP contribution in [0.2, 0.25) is 0 Å². The molecule has 1 aliphatic heterocycles. The van der Waals surface area contributed by atoms with Gasteiger partial charge in [-0.1, -0.05) is 12.1 Å². The average Bonchev–Trinajstić information content (AvgIpc) is 2.48. The lowest BCUT2D eigenvalue weighted by Crippen LogP contribution is -2.38. The Bertz CT molecular complexity index is 440. The van der Waals surface area contributed by atoms with E-state index in [1.165, 1.54) is 12.8 Å². The molecular formula is C16H24N2O2. The second kappa shape index (κ2) is 7.41. The average molecular weight is 276 g/mol. The number of hydrogen-bond donors (Lipinski definition) is 1. The Morgan fingerprint density at radius 1 is 1.35 bits per heavy atom. The summed E-state index contributed by atoms with van der Waals surface area (Å²) >= 11 is 0. The van der Waals surface area contributed by atoms with Crippen molar-refractivity contribution in [1.82, 2.24) is 4.90 Å². The highest BCUT2D eigenvalue weighted by molar-refractivity contribution is 5.96. The van der Waals surface area contributed by atoms with Crippen molar-refractivity contribution in [3.8, 4) is 5.75 Å². The lowest BCUT2D eigenvalue weighted by atomic mass is 9.97. The van der Waals surface area contributed by atoms with E-state index in [9.17, 15) is 4.79 Å². The van der Waals surface area contributed by atoms with Gasteiger partial charge in [0.25, 0.3) is 0 Å². The molecule has 0 unspecified atom stereocenters. The Balaban J connectivity index is 1.78. The third-order valence-corrected chi connectivity index (χ3v) is 3.97. The number of likely N-dealkylation sites (tertiary alicyclic amines) is 1. The molecule has 0 spiro atoms. The molecule has 1 aromatic carbocycles. The summed E-state index contributed by atoms with van der Waals surface area (Å²) in [5, 5.41) is 0. The largest absolute Gasteiger partial charge is 0.491 e. The van der Waals surface area contributed by atoms with Crippen molar-refractivity contribution in [2.24, 2.45) is 11.7 Å². The third-order valence-electron chi connectivity index (χ3n) is 3.97. The lowest BCUT2D eigenvalue weighted by molar-refractivity contribution is 0.101. The fourth-order valence-corrected chi connectivity index (χ4v) is 2.61. The van der Waals surface area contributed by atoms with E-state index in [1.54, 1.807) is 6.92 Å². The monoisotopic (exact) mass is 276 g/mol. The summed E-state index contributed by atoms with van der Waals surface area (Å²) in [4.78, 5) is 13.9. The van der Waals surface area contributed by atoms with E-state index in [0.29, 0.717) is 23.8 Å². The van der Waals surface area contributed by atoms with Gasteiger partial charge in [-0.3, -0.25) is 9.69 Å². The lowest BCUT2D eigenvalue weighted by Gasteiger charge is -2.31. The smallest absolute Gasteiger partial charge is 0.163 e. The van der Waals surface area contributed by atoms with Crippen LogP contribution in [0.4, 0.5) is 0 Å². The van der Waals surface area contributed by atoms with E-state index in [-0.39, 0.29) is 5.78 Å². The second-order valence-electron chi connectivity index (χ2n) is 5.42. The molecular weight excluding hydrogens is 252 g/mol. The molecule has 0 amide bonds. The molecule has 0 radical (unpaired) electrons. The number of rotatable bonds is 6. The predicted octanol–water partition coefficient (Wildman–Crippen LogP) is 1.94. The van der Waals surface area contributed by atoms with E-state index in [2.05, 4.69) is 4.90 Å². The Morgan fingerprint density at radius 2 is 2.05 bits per heavy atom. The van der Waals surface area contributed by atoms with Gasteiger partial charge in [0.1, 0.15) is 12.4 Å². The molecule has 4 heteroatoms. The maximum atomic E-state index is 11.5. The molecule has 0 atom stereocenters. The van der Waals surface area contributed by atoms with Gasteiger partial charge in [0, 0.05) is 6.54 Å². The molecule has 0 saturated carbocycles. The van der Waals surface area contributed by atoms with Crippen LogP contribution >= 0.6 is 0 Å². The maximum Gasteiger partial charge on any atom is 0.163 e. The normalized spacial score (nSPS) is 17.1. The van der Waals surface area contributed by atoms with Crippen molar-refractivity contribution in [3.63, 3.8) is 0 Å². The number of nitrogens with two attached hydrogens (primary N) is 1. The summed E-state index contributed by atoms with van der Waals surface area (Å²) in [6.07, 6.45) is 2.36. The van der Waals surface area contributed by atoms with Gasteiger partial charge in [-0.15, -0.1) is 0 Å². The van der Waals surface area contributed by atoms with Gasteiger partial charge in [0.15, 0.2) is 5.78 Å². The molecule has 1 saturated heterocycles. The molecule has 0 aliphatic carbocycles. The van der Waals surface area contributed by atoms with Gasteiger partial charge in [0.2, 0.25) is 0 Å². The molecule has 1 fully saturated rings. The quantitative estimate of drug-likeness (QED) is 0.807. The fourth-order valence-electron chi connectivity index (χ4n) is 2.61. The zero-order valence-corrected chi connectivity index (χ0v) is 12.2. The van der Waals surface area contributed by atoms with Gasteiger partial charge < -0.3 is 10.5 Å². The first kappa shape index (κ1) is 15.0. The van der Waals surface area contributed by atoms with Crippen LogP contribution in [0.15, 0.2) is 24.3 Å². The zero-order valence-electron chi connectivity index (χ0n) is 12.2. The molecule has 20 heavy (non-hydrogen) atoms. The summed E-state index contributed by atoms with van der Waals surface area (Å²) in [5.74, 6) is 1.42. The van der Waals surface area contributed by atoms with E-state index in [1.807, 2.05) is 24.3 Å². The van der Waals surface area contributed by atoms with Gasteiger partial charge in [-0.05, 0) is 57.5 Å². The number of nitrogens with zero attached hydrogens (tertiary/aromatic N) is 1. The van der Waals surface area contributed by atoms with Crippen LogP contribution in [0, 0.1) is 5.92 Å². The van der Waals surface area contributed by atoms with E-state index in [4.69, 9.17) is 10.5 Å². The van der Waals surface area contributed by atoms with Crippen LogP contribution in [-0.2, 0) is 0 Å². The van der Waals surface area contributed by atoms with Crippen molar-refractivity contribution in [2.45, 2.75) is 19.8 Å². The van der Waals surface area contributed by atoms with Crippen LogP contribution in [0.3, 0.4) is 0 Å². The standard InChI is InChI=1S/C16H24N2O2/c1-13(19)15-4-2-3-5-16(15)20-11-10-18-8-6-14(12-17)7-9-18/h2-5,14H,6-12,17H2,1H3. The Morgan fingerprint density at radius 3 is 2.70 bits per heavy atom. The van der Waals surface area contributed by atoms with Crippen molar-refractivity contribution in [3.05, 3.63) is 29.8 Å². The molecule has 1 heterocycles. The number of ether oxygens (including phenoxy) is 1. The molecule has 110 valence electrons. The van der Waals surface area contributed by atoms with Gasteiger partial charge in [-0.25, -0.2) is 0 Å². The number of carbonyl (C=O) groups excluding carboxylic acids is 1. The fraction of sp³-hybridized carbons (Fsp3) is 0.562. The number of benzene rings is 1. The second-order valence-corrected chi connectivity index (χ2v) is 5.42.